The van der Waals surface area contributed by atoms with Crippen LogP contribution in [0, 0.1) is 30.6 Å². The van der Waals surface area contributed by atoms with E-state index in [4.69, 9.17) is 19.5 Å². The second-order valence-electron chi connectivity index (χ2n) is 15.4. The van der Waals surface area contributed by atoms with E-state index < -0.39 is 50.6 Å². The summed E-state index contributed by atoms with van der Waals surface area (Å²) in [5.74, 6) is -0.541. The summed E-state index contributed by atoms with van der Waals surface area (Å²) < 4.78 is 40.2. The van der Waals surface area contributed by atoms with Gasteiger partial charge < -0.3 is 19.7 Å². The van der Waals surface area contributed by atoms with Crippen molar-refractivity contribution in [2.24, 2.45) is 28.7 Å². The molecule has 3 amide bonds. The van der Waals surface area contributed by atoms with Crippen LogP contribution in [0.25, 0.3) is 10.9 Å². The predicted octanol–water partition coefficient (Wildman–Crippen LogP) is 4.53. The van der Waals surface area contributed by atoms with E-state index in [-0.39, 0.29) is 24.3 Å². The molecule has 3 aliphatic carbocycles. The topological polar surface area (TPSA) is 156 Å². The van der Waals surface area contributed by atoms with Gasteiger partial charge in [-0.3, -0.25) is 24.1 Å². The van der Waals surface area contributed by atoms with E-state index in [0.717, 1.165) is 46.5 Å². The van der Waals surface area contributed by atoms with Crippen LogP contribution < -0.4 is 19.5 Å². The van der Waals surface area contributed by atoms with E-state index in [1.54, 1.807) is 30.8 Å². The molecule has 0 spiro atoms. The number of rotatable bonds is 8. The maximum atomic E-state index is 14.3. The van der Waals surface area contributed by atoms with Gasteiger partial charge in [0, 0.05) is 42.3 Å². The number of nitrogens with one attached hydrogen (secondary N) is 2. The Hall–Kier alpha value is -3.65. The lowest BCUT2D eigenvalue weighted by atomic mass is 9.93. The third kappa shape index (κ3) is 7.16. The number of aryl methyl sites for hydroxylation is 1. The molecule has 2 N–H and O–H groups in total. The average Bonchev–Trinajstić information content (AvgIpc) is 3.98. The molecule has 3 fully saturated rings. The van der Waals surface area contributed by atoms with Gasteiger partial charge in [0.1, 0.15) is 28.2 Å². The first kappa shape index (κ1) is 36.7. The summed E-state index contributed by atoms with van der Waals surface area (Å²) >= 11 is 1.68. The first-order chi connectivity index (χ1) is 24.8. The van der Waals surface area contributed by atoms with Crippen LogP contribution in [0.5, 0.6) is 11.5 Å². The molecule has 1 unspecified atom stereocenters. The van der Waals surface area contributed by atoms with Gasteiger partial charge in [0.2, 0.25) is 21.8 Å². The molecule has 0 bridgehead atoms. The highest BCUT2D eigenvalue weighted by atomic mass is 32.2. The standard InChI is InChI=1S/C38H49N5O7S2/c1-21(2)30-20-51-35(40-30)29-18-32(26-13-14-31(49-5)22(3)33(26)39-29)50-24-16-27-28(17-24)36(45)43(4)15-9-7-6-8-10-23-19-38(23,41-34(27)44)37(46)42-52(47,48)25-11-12-25/h8,10,13-14,18,21,23-25,27-28,30H,6-7,9,11-12,15-17,19-20H2,1-5H3,(H,41,44)(H,42,46)/b10-8-/t23-,24-,27-,28-,30?,38-/m1/s1. The minimum atomic E-state index is -3.82. The molecule has 0 saturated heterocycles. The number of aliphatic imine (C=N–C) groups is 1. The number of amides is 3. The minimum absolute atomic E-state index is 0.140. The van der Waals surface area contributed by atoms with Gasteiger partial charge in [-0.2, -0.15) is 0 Å². The predicted molar refractivity (Wildman–Crippen MR) is 201 cm³/mol. The lowest BCUT2D eigenvalue weighted by Gasteiger charge is -2.26. The van der Waals surface area contributed by atoms with Gasteiger partial charge in [0.25, 0.3) is 5.91 Å². The molecule has 12 nitrogen and oxygen atoms in total. The Morgan fingerprint density at radius 1 is 1.13 bits per heavy atom. The van der Waals surface area contributed by atoms with Gasteiger partial charge >= 0.3 is 0 Å². The number of carbonyl (C=O) groups excluding carboxylic acids is 3. The fourth-order valence-electron chi connectivity index (χ4n) is 7.75. The quantitative estimate of drug-likeness (QED) is 0.371. The van der Waals surface area contributed by atoms with Crippen molar-refractivity contribution in [3.8, 4) is 11.5 Å². The van der Waals surface area contributed by atoms with E-state index in [1.165, 1.54) is 0 Å². The van der Waals surface area contributed by atoms with Crippen molar-refractivity contribution in [3.05, 3.63) is 41.6 Å². The number of benzene rings is 1. The number of methoxy groups -OCH3 is 1. The Kier molecular flexibility index (Phi) is 10.1. The normalized spacial score (nSPS) is 30.2. The molecule has 5 aliphatic rings. The minimum Gasteiger partial charge on any atom is -0.496 e. The summed E-state index contributed by atoms with van der Waals surface area (Å²) in [4.78, 5) is 53.7. The largest absolute Gasteiger partial charge is 0.496 e. The summed E-state index contributed by atoms with van der Waals surface area (Å²) in [6.07, 6.45) is 7.67. The number of fused-ring (bicyclic) bond motifs is 3. The Morgan fingerprint density at radius 2 is 1.90 bits per heavy atom. The molecule has 1 aromatic heterocycles. The smallest absolute Gasteiger partial charge is 0.259 e. The first-order valence-electron chi connectivity index (χ1n) is 18.5. The summed E-state index contributed by atoms with van der Waals surface area (Å²) in [5.41, 5.74) is 0.916. The maximum absolute atomic E-state index is 14.3. The van der Waals surface area contributed by atoms with Crippen LogP contribution in [-0.2, 0) is 24.4 Å². The molecule has 280 valence electrons. The second-order valence-corrected chi connectivity index (χ2v) is 18.4. The van der Waals surface area contributed by atoms with Crippen molar-refractivity contribution in [1.82, 2.24) is 19.9 Å². The van der Waals surface area contributed by atoms with Crippen LogP contribution in [0.3, 0.4) is 0 Å². The average molecular weight is 752 g/mol. The number of thioether (sulfide) groups is 1. The second kappa shape index (κ2) is 14.3. The van der Waals surface area contributed by atoms with Gasteiger partial charge in [-0.25, -0.2) is 13.4 Å². The molecule has 3 heterocycles. The van der Waals surface area contributed by atoms with Crippen LogP contribution in [0.15, 0.2) is 35.3 Å². The van der Waals surface area contributed by atoms with Crippen molar-refractivity contribution >= 4 is 55.5 Å². The Balaban J connectivity index is 1.20. The molecule has 6 atom stereocenters. The third-order valence-electron chi connectivity index (χ3n) is 11.3. The molecule has 7 rings (SSSR count). The fraction of sp³-hybridized carbons (Fsp3) is 0.605. The maximum Gasteiger partial charge on any atom is 0.259 e. The zero-order valence-electron chi connectivity index (χ0n) is 30.5. The number of nitrogens with zero attached hydrogens (tertiary/aromatic N) is 3. The van der Waals surface area contributed by atoms with E-state index in [1.807, 2.05) is 37.3 Å². The lowest BCUT2D eigenvalue weighted by molar-refractivity contribution is -0.140. The molecule has 14 heteroatoms. The van der Waals surface area contributed by atoms with E-state index in [9.17, 15) is 22.8 Å². The number of hydrogen-bond acceptors (Lipinski definition) is 10. The molecule has 0 radical (unpaired) electrons. The van der Waals surface area contributed by atoms with Crippen molar-refractivity contribution in [1.29, 1.82) is 0 Å². The SMILES string of the molecule is COc1ccc2c(O[C@@H]3C[C@H]4C(=O)N[C@]5(C(=O)NS(=O)(=O)C6CC6)C[C@H]5/C=C\CCCCN(C)C(=O)[C@@H]4C3)cc(C3=NC(C(C)C)CS3)nc2c1C. The number of ether oxygens (including phenoxy) is 2. The van der Waals surface area contributed by atoms with E-state index in [0.29, 0.717) is 55.3 Å². The van der Waals surface area contributed by atoms with Crippen LogP contribution in [0.1, 0.15) is 76.5 Å². The molecular formula is C38H49N5O7S2. The fourth-order valence-corrected chi connectivity index (χ4v) is 10.4. The summed E-state index contributed by atoms with van der Waals surface area (Å²) in [7, 11) is -0.428. The molecule has 1 aromatic carbocycles. The zero-order chi connectivity index (χ0) is 36.9. The Morgan fingerprint density at radius 3 is 2.62 bits per heavy atom. The number of allylic oxidation sites excluding steroid dienone is 1. The Bertz CT molecular complexity index is 1940. The highest BCUT2D eigenvalue weighted by molar-refractivity contribution is 8.14. The molecular weight excluding hydrogens is 703 g/mol. The van der Waals surface area contributed by atoms with Gasteiger partial charge in [-0.15, -0.1) is 11.8 Å². The van der Waals surface area contributed by atoms with Crippen molar-refractivity contribution < 1.29 is 32.3 Å². The first-order valence-corrected chi connectivity index (χ1v) is 21.0. The summed E-state index contributed by atoms with van der Waals surface area (Å²) in [5, 5.41) is 4.03. The van der Waals surface area contributed by atoms with Crippen molar-refractivity contribution in [2.45, 2.75) is 95.1 Å². The Labute approximate surface area is 310 Å². The van der Waals surface area contributed by atoms with Gasteiger partial charge in [-0.05, 0) is 76.3 Å². The van der Waals surface area contributed by atoms with Crippen molar-refractivity contribution in [2.75, 3.05) is 26.5 Å². The highest BCUT2D eigenvalue weighted by Gasteiger charge is 2.62. The van der Waals surface area contributed by atoms with Crippen LogP contribution >= 0.6 is 11.8 Å². The molecule has 52 heavy (non-hydrogen) atoms. The lowest BCUT2D eigenvalue weighted by Crippen LogP contribution is -2.54. The van der Waals surface area contributed by atoms with E-state index in [2.05, 4.69) is 23.9 Å². The number of carbonyl (C=O) groups is 3. The van der Waals surface area contributed by atoms with Crippen LogP contribution in [-0.4, -0.2) is 90.5 Å². The summed E-state index contributed by atoms with van der Waals surface area (Å²) in [6.45, 7) is 6.85. The number of hydrogen-bond donors (Lipinski definition) is 2. The zero-order valence-corrected chi connectivity index (χ0v) is 32.1. The van der Waals surface area contributed by atoms with Crippen molar-refractivity contribution in [3.63, 3.8) is 0 Å². The van der Waals surface area contributed by atoms with Crippen LogP contribution in [0.2, 0.25) is 0 Å². The van der Waals surface area contributed by atoms with Crippen LogP contribution in [0.4, 0.5) is 0 Å². The third-order valence-corrected chi connectivity index (χ3v) is 14.2. The molecule has 3 saturated carbocycles. The van der Waals surface area contributed by atoms with Gasteiger partial charge in [-0.1, -0.05) is 26.0 Å². The molecule has 2 aromatic rings. The number of pyridine rings is 1. The number of aromatic nitrogens is 1. The highest BCUT2D eigenvalue weighted by Crippen LogP contribution is 2.47. The van der Waals surface area contributed by atoms with E-state index >= 15 is 0 Å². The van der Waals surface area contributed by atoms with Gasteiger partial charge in [0.15, 0.2) is 0 Å². The number of sulfonamides is 1. The summed E-state index contributed by atoms with van der Waals surface area (Å²) in [6, 6.07) is 5.91. The molecule has 2 aliphatic heterocycles. The monoisotopic (exact) mass is 751 g/mol. The van der Waals surface area contributed by atoms with Gasteiger partial charge in [0.05, 0.1) is 41.4 Å².